The van der Waals surface area contributed by atoms with Crippen molar-refractivity contribution in [1.82, 2.24) is 0 Å². The zero-order valence-corrected chi connectivity index (χ0v) is 11.3. The first-order valence-corrected chi connectivity index (χ1v) is 4.52. The van der Waals surface area contributed by atoms with E-state index in [-0.39, 0.29) is 51.4 Å². The summed E-state index contributed by atoms with van der Waals surface area (Å²) in [6.07, 6.45) is -1.24. The molecule has 0 aliphatic rings. The minimum Gasteiger partial charge on any atom is -0.566 e. The minimum atomic E-state index is -3.07. The SMILES string of the molecule is CC(O[P+](=O)[O-])O[P+](=O)OO.[K+]. The van der Waals surface area contributed by atoms with Crippen LogP contribution in [0, 0.1) is 0 Å². The Labute approximate surface area is 113 Å². The summed E-state index contributed by atoms with van der Waals surface area (Å²) in [5.41, 5.74) is 0. The first kappa shape index (κ1) is 16.1. The van der Waals surface area contributed by atoms with Crippen molar-refractivity contribution < 1.29 is 84.4 Å². The van der Waals surface area contributed by atoms with E-state index in [0.29, 0.717) is 0 Å². The van der Waals surface area contributed by atoms with E-state index >= 15 is 0 Å². The summed E-state index contributed by atoms with van der Waals surface area (Å²) in [4.78, 5) is 9.82. The molecule has 0 saturated heterocycles. The zero-order chi connectivity index (χ0) is 8.85. The topological polar surface area (TPSA) is 105 Å². The fourth-order valence-corrected chi connectivity index (χ4v) is 0.958. The van der Waals surface area contributed by atoms with Gasteiger partial charge in [0, 0.05) is 4.57 Å². The molecule has 10 heteroatoms. The van der Waals surface area contributed by atoms with Gasteiger partial charge in [-0.2, -0.15) is 0 Å². The molecule has 0 aliphatic heterocycles. The zero-order valence-electron chi connectivity index (χ0n) is 6.37. The van der Waals surface area contributed by atoms with Gasteiger partial charge in [0.2, 0.25) is 0 Å². The van der Waals surface area contributed by atoms with E-state index in [4.69, 9.17) is 5.26 Å². The summed E-state index contributed by atoms with van der Waals surface area (Å²) >= 11 is 0. The van der Waals surface area contributed by atoms with Crippen molar-refractivity contribution in [2.75, 3.05) is 0 Å². The maximum Gasteiger partial charge on any atom is 1.00 e. The molecule has 0 bridgehead atoms. The maximum absolute atomic E-state index is 10.2. The molecule has 3 atom stereocenters. The molecule has 0 rings (SSSR count). The van der Waals surface area contributed by atoms with Gasteiger partial charge in [-0.25, -0.2) is 5.26 Å². The Bertz CT molecular complexity index is 161. The molecule has 12 heavy (non-hydrogen) atoms. The van der Waals surface area contributed by atoms with Crippen LogP contribution in [0.25, 0.3) is 0 Å². The van der Waals surface area contributed by atoms with Gasteiger partial charge in [-0.3, -0.25) is 0 Å². The van der Waals surface area contributed by atoms with Crippen LogP contribution in [-0.2, 0) is 22.9 Å². The second kappa shape index (κ2) is 9.20. The smallest absolute Gasteiger partial charge is 0.566 e. The van der Waals surface area contributed by atoms with Gasteiger partial charge in [0.25, 0.3) is 6.29 Å². The summed E-state index contributed by atoms with van der Waals surface area (Å²) < 4.78 is 31.3. The Balaban J connectivity index is 0. The standard InChI is InChI=1S/C2H4O7P2.K/c1-2(7-10(4)5)8-11(6)9-3;/h2H,1H3;/q;+1/p+1. The van der Waals surface area contributed by atoms with Crippen LogP contribution in [0.4, 0.5) is 0 Å². The number of hydrogen-bond donors (Lipinski definition) is 1. The molecule has 0 aliphatic carbocycles. The quantitative estimate of drug-likeness (QED) is 0.187. The van der Waals surface area contributed by atoms with Gasteiger partial charge >= 0.3 is 67.9 Å². The molecule has 0 fully saturated rings. The van der Waals surface area contributed by atoms with Crippen LogP contribution in [0.15, 0.2) is 0 Å². The minimum absolute atomic E-state index is 0. The van der Waals surface area contributed by atoms with Crippen molar-refractivity contribution in [1.29, 1.82) is 0 Å². The Morgan fingerprint density at radius 3 is 2.25 bits per heavy atom. The summed E-state index contributed by atoms with van der Waals surface area (Å²) in [5, 5.41) is 7.70. The fourth-order valence-electron chi connectivity index (χ4n) is 0.281. The van der Waals surface area contributed by atoms with Gasteiger partial charge in [-0.05, 0) is 11.5 Å². The summed E-state index contributed by atoms with van der Waals surface area (Å²) in [6.45, 7) is 1.18. The van der Waals surface area contributed by atoms with Crippen molar-refractivity contribution in [3.63, 3.8) is 0 Å². The van der Waals surface area contributed by atoms with Gasteiger partial charge in [0.15, 0.2) is 0 Å². The average Bonchev–Trinajstić information content (AvgIpc) is 1.85. The van der Waals surface area contributed by atoms with E-state index in [0.717, 1.165) is 0 Å². The van der Waals surface area contributed by atoms with Gasteiger partial charge in [0.05, 0.1) is 4.67 Å². The van der Waals surface area contributed by atoms with Crippen LogP contribution < -0.4 is 56.3 Å². The van der Waals surface area contributed by atoms with E-state index < -0.39 is 22.8 Å². The third-order valence-electron chi connectivity index (χ3n) is 0.536. The molecule has 0 radical (unpaired) electrons. The van der Waals surface area contributed by atoms with Crippen molar-refractivity contribution >= 4 is 16.5 Å². The predicted octanol–water partition coefficient (Wildman–Crippen LogP) is -2.47. The number of hydrogen-bond acceptors (Lipinski definition) is 7. The predicted molar refractivity (Wildman–Crippen MR) is 30.6 cm³/mol. The first-order chi connectivity index (χ1) is 5.06. The molecule has 0 aromatic heterocycles. The van der Waals surface area contributed by atoms with Gasteiger partial charge in [-0.15, -0.1) is 4.52 Å². The monoisotopic (exact) mass is 242 g/mol. The average molecular weight is 242 g/mol. The van der Waals surface area contributed by atoms with Gasteiger partial charge < -0.3 is 4.89 Å². The number of rotatable bonds is 5. The molecular formula is C2H5KO7P2+2. The molecule has 0 saturated carbocycles. The van der Waals surface area contributed by atoms with E-state index in [1.807, 2.05) is 0 Å². The molecule has 0 spiro atoms. The largest absolute Gasteiger partial charge is 1.00 e. The molecule has 3 unspecified atom stereocenters. The maximum atomic E-state index is 10.2. The second-order valence-corrected chi connectivity index (χ2v) is 2.79. The molecular weight excluding hydrogens is 237 g/mol. The van der Waals surface area contributed by atoms with E-state index in [1.54, 1.807) is 0 Å². The molecule has 0 heterocycles. The molecule has 1 N–H and O–H groups in total. The molecule has 7 nitrogen and oxygen atoms in total. The van der Waals surface area contributed by atoms with Gasteiger partial charge in [0.1, 0.15) is 0 Å². The normalized spacial score (nSPS) is 14.6. The summed E-state index contributed by atoms with van der Waals surface area (Å²) in [7, 11) is -5.80. The molecule has 0 aromatic carbocycles. The van der Waals surface area contributed by atoms with E-state index in [9.17, 15) is 14.0 Å². The first-order valence-electron chi connectivity index (χ1n) is 2.33. The third kappa shape index (κ3) is 9.72. The Morgan fingerprint density at radius 1 is 1.42 bits per heavy atom. The van der Waals surface area contributed by atoms with Crippen molar-refractivity contribution in [3.05, 3.63) is 0 Å². The van der Waals surface area contributed by atoms with Crippen LogP contribution >= 0.6 is 16.5 Å². The molecule has 64 valence electrons. The van der Waals surface area contributed by atoms with Crippen molar-refractivity contribution in [2.45, 2.75) is 13.2 Å². The van der Waals surface area contributed by atoms with Crippen molar-refractivity contribution in [2.24, 2.45) is 0 Å². The van der Waals surface area contributed by atoms with E-state index in [2.05, 4.69) is 13.7 Å². The van der Waals surface area contributed by atoms with Crippen LogP contribution in [0.5, 0.6) is 0 Å². The van der Waals surface area contributed by atoms with Crippen LogP contribution in [0.2, 0.25) is 0 Å². The van der Waals surface area contributed by atoms with Crippen molar-refractivity contribution in [3.8, 4) is 0 Å². The second-order valence-electron chi connectivity index (χ2n) is 1.31. The molecule has 0 amide bonds. The van der Waals surface area contributed by atoms with Crippen LogP contribution in [-0.4, -0.2) is 11.5 Å². The summed E-state index contributed by atoms with van der Waals surface area (Å²) in [6, 6.07) is 0. The molecule has 0 aromatic rings. The van der Waals surface area contributed by atoms with Gasteiger partial charge in [-0.1, -0.05) is 4.52 Å². The van der Waals surface area contributed by atoms with E-state index in [1.165, 1.54) is 6.92 Å². The van der Waals surface area contributed by atoms with Crippen LogP contribution in [0.1, 0.15) is 6.92 Å². The Hall–Kier alpha value is 1.64. The Kier molecular flexibility index (Phi) is 12.3. The van der Waals surface area contributed by atoms with Crippen LogP contribution in [0.3, 0.4) is 0 Å². The third-order valence-corrected chi connectivity index (χ3v) is 1.61. The Morgan fingerprint density at radius 2 is 1.92 bits per heavy atom. The fraction of sp³-hybridized carbons (Fsp3) is 1.00. The summed E-state index contributed by atoms with van der Waals surface area (Å²) in [5.74, 6) is 0.